The molecule has 0 radical (unpaired) electrons. The number of hydrogen-bond donors (Lipinski definition) is 0. The quantitative estimate of drug-likeness (QED) is 0.205. The summed E-state index contributed by atoms with van der Waals surface area (Å²) in [6.07, 6.45) is 0. The van der Waals surface area contributed by atoms with Crippen LogP contribution in [-0.4, -0.2) is 0 Å². The van der Waals surface area contributed by atoms with Crippen LogP contribution in [0.25, 0.3) is 53.2 Å². The Morgan fingerprint density at radius 2 is 0.857 bits per heavy atom. The number of nitrogens with zero attached hydrogens (tertiary/aromatic N) is 1. The molecule has 1 aromatic heterocycles. The van der Waals surface area contributed by atoms with E-state index in [9.17, 15) is 0 Å². The number of hydrogen-bond acceptors (Lipinski definition) is 2. The van der Waals surface area contributed by atoms with Crippen molar-refractivity contribution in [3.63, 3.8) is 0 Å². The van der Waals surface area contributed by atoms with Gasteiger partial charge in [-0.2, -0.15) is 0 Å². The molecule has 1 heterocycles. The monoisotopic (exact) mass is 553 g/mol. The number of anilines is 3. The molecule has 0 saturated heterocycles. The fourth-order valence-electron chi connectivity index (χ4n) is 6.03. The topological polar surface area (TPSA) is 3.24 Å². The standard InChI is InChI=1S/C40H27NS/c1-3-11-28(12-4-1)29-19-23-32(24-20-29)41(31-13-5-2-6-14-31)33-25-21-30(22-26-33)37-27-38-35-16-9-10-18-39(35)42-40(38)36-17-8-7-15-34(36)37/h1-27H. The van der Waals surface area contributed by atoms with Gasteiger partial charge in [0.2, 0.25) is 0 Å². The largest absolute Gasteiger partial charge is 0.311 e. The van der Waals surface area contributed by atoms with Gasteiger partial charge in [0, 0.05) is 42.6 Å². The lowest BCUT2D eigenvalue weighted by molar-refractivity contribution is 1.28. The fourth-order valence-corrected chi connectivity index (χ4v) is 7.25. The predicted molar refractivity (Wildman–Crippen MR) is 182 cm³/mol. The lowest BCUT2D eigenvalue weighted by atomic mass is 9.95. The molecule has 2 heteroatoms. The highest BCUT2D eigenvalue weighted by Crippen LogP contribution is 2.43. The Morgan fingerprint density at radius 3 is 1.55 bits per heavy atom. The van der Waals surface area contributed by atoms with Gasteiger partial charge in [-0.3, -0.25) is 0 Å². The molecule has 0 fully saturated rings. The summed E-state index contributed by atoms with van der Waals surface area (Å²) >= 11 is 1.89. The van der Waals surface area contributed by atoms with E-state index in [1.54, 1.807) is 0 Å². The van der Waals surface area contributed by atoms with Gasteiger partial charge in [-0.05, 0) is 76.2 Å². The molecular formula is C40H27NS. The molecule has 8 aromatic rings. The highest BCUT2D eigenvalue weighted by atomic mass is 32.1. The summed E-state index contributed by atoms with van der Waals surface area (Å²) in [6.45, 7) is 0. The predicted octanol–water partition coefficient (Wildman–Crippen LogP) is 12.0. The molecule has 0 aliphatic carbocycles. The third-order valence-corrected chi connectivity index (χ3v) is 9.29. The van der Waals surface area contributed by atoms with Crippen molar-refractivity contribution in [1.82, 2.24) is 0 Å². The molecule has 198 valence electrons. The van der Waals surface area contributed by atoms with Crippen LogP contribution in [0.5, 0.6) is 0 Å². The number of benzene rings is 7. The van der Waals surface area contributed by atoms with Crippen molar-refractivity contribution in [2.75, 3.05) is 4.90 Å². The first-order valence-corrected chi connectivity index (χ1v) is 15.1. The Morgan fingerprint density at radius 1 is 0.357 bits per heavy atom. The molecule has 0 bridgehead atoms. The van der Waals surface area contributed by atoms with Crippen LogP contribution in [-0.2, 0) is 0 Å². The van der Waals surface area contributed by atoms with Gasteiger partial charge in [-0.15, -0.1) is 11.3 Å². The summed E-state index contributed by atoms with van der Waals surface area (Å²) in [5.41, 5.74) is 8.32. The Kier molecular flexibility index (Phi) is 6.05. The number of para-hydroxylation sites is 1. The van der Waals surface area contributed by atoms with Gasteiger partial charge in [0.25, 0.3) is 0 Å². The summed E-state index contributed by atoms with van der Waals surface area (Å²) < 4.78 is 2.70. The van der Waals surface area contributed by atoms with Crippen LogP contribution < -0.4 is 4.90 Å². The van der Waals surface area contributed by atoms with Crippen LogP contribution >= 0.6 is 11.3 Å². The van der Waals surface area contributed by atoms with Gasteiger partial charge in [-0.1, -0.05) is 115 Å². The van der Waals surface area contributed by atoms with E-state index in [2.05, 4.69) is 169 Å². The number of fused-ring (bicyclic) bond motifs is 5. The van der Waals surface area contributed by atoms with Gasteiger partial charge in [-0.25, -0.2) is 0 Å². The minimum absolute atomic E-state index is 1.13. The molecule has 0 spiro atoms. The van der Waals surface area contributed by atoms with Crippen molar-refractivity contribution < 1.29 is 0 Å². The first-order valence-electron chi connectivity index (χ1n) is 14.3. The molecule has 0 aliphatic rings. The highest BCUT2D eigenvalue weighted by Gasteiger charge is 2.15. The van der Waals surface area contributed by atoms with Crippen LogP contribution in [0.1, 0.15) is 0 Å². The second-order valence-corrected chi connectivity index (χ2v) is 11.6. The Hall–Kier alpha value is -5.18. The number of thiophene rings is 1. The van der Waals surface area contributed by atoms with E-state index in [-0.39, 0.29) is 0 Å². The van der Waals surface area contributed by atoms with Crippen LogP contribution in [0.15, 0.2) is 164 Å². The third kappa shape index (κ3) is 4.25. The van der Waals surface area contributed by atoms with Crippen molar-refractivity contribution in [2.45, 2.75) is 0 Å². The van der Waals surface area contributed by atoms with E-state index in [0.29, 0.717) is 0 Å². The van der Waals surface area contributed by atoms with E-state index < -0.39 is 0 Å². The highest BCUT2D eigenvalue weighted by molar-refractivity contribution is 7.26. The Labute approximate surface area is 249 Å². The van der Waals surface area contributed by atoms with Gasteiger partial charge >= 0.3 is 0 Å². The van der Waals surface area contributed by atoms with Gasteiger partial charge in [0.15, 0.2) is 0 Å². The maximum absolute atomic E-state index is 2.39. The minimum Gasteiger partial charge on any atom is -0.311 e. The molecule has 0 atom stereocenters. The fraction of sp³-hybridized carbons (Fsp3) is 0. The van der Waals surface area contributed by atoms with Crippen LogP contribution in [0.4, 0.5) is 17.1 Å². The second kappa shape index (κ2) is 10.3. The molecule has 42 heavy (non-hydrogen) atoms. The summed E-state index contributed by atoms with van der Waals surface area (Å²) in [7, 11) is 0. The lowest BCUT2D eigenvalue weighted by Gasteiger charge is -2.26. The van der Waals surface area contributed by atoms with Crippen LogP contribution in [0, 0.1) is 0 Å². The molecule has 0 aliphatic heterocycles. The second-order valence-electron chi connectivity index (χ2n) is 10.6. The van der Waals surface area contributed by atoms with Crippen molar-refractivity contribution in [2.24, 2.45) is 0 Å². The van der Waals surface area contributed by atoms with Crippen molar-refractivity contribution in [1.29, 1.82) is 0 Å². The van der Waals surface area contributed by atoms with E-state index in [1.165, 1.54) is 53.2 Å². The molecule has 0 saturated carbocycles. The van der Waals surface area contributed by atoms with Crippen LogP contribution in [0.2, 0.25) is 0 Å². The zero-order chi connectivity index (χ0) is 27.9. The average molecular weight is 554 g/mol. The molecular weight excluding hydrogens is 527 g/mol. The first kappa shape index (κ1) is 24.6. The molecule has 1 nitrogen and oxygen atoms in total. The van der Waals surface area contributed by atoms with Gasteiger partial charge < -0.3 is 4.90 Å². The SMILES string of the molecule is c1ccc(-c2ccc(N(c3ccccc3)c3ccc(-c4cc5c6ccccc6sc5c5ccccc45)cc3)cc2)cc1. The minimum atomic E-state index is 1.13. The zero-order valence-corrected chi connectivity index (χ0v) is 23.8. The summed E-state index contributed by atoms with van der Waals surface area (Å²) in [6, 6.07) is 59.0. The Bertz CT molecular complexity index is 2160. The van der Waals surface area contributed by atoms with Crippen LogP contribution in [0.3, 0.4) is 0 Å². The van der Waals surface area contributed by atoms with E-state index >= 15 is 0 Å². The maximum atomic E-state index is 2.39. The van der Waals surface area contributed by atoms with E-state index in [1.807, 2.05) is 11.3 Å². The lowest BCUT2D eigenvalue weighted by Crippen LogP contribution is -2.09. The third-order valence-electron chi connectivity index (χ3n) is 8.07. The Balaban J connectivity index is 1.24. The zero-order valence-electron chi connectivity index (χ0n) is 22.9. The van der Waals surface area contributed by atoms with E-state index in [4.69, 9.17) is 0 Å². The van der Waals surface area contributed by atoms with E-state index in [0.717, 1.165) is 17.1 Å². The normalized spacial score (nSPS) is 11.3. The maximum Gasteiger partial charge on any atom is 0.0462 e. The molecule has 7 aromatic carbocycles. The van der Waals surface area contributed by atoms with Crippen molar-refractivity contribution >= 4 is 59.3 Å². The first-order chi connectivity index (χ1) is 20.8. The summed E-state index contributed by atoms with van der Waals surface area (Å²) in [5.74, 6) is 0. The van der Waals surface area contributed by atoms with Crippen molar-refractivity contribution in [3.05, 3.63) is 164 Å². The summed E-state index contributed by atoms with van der Waals surface area (Å²) in [5, 5.41) is 5.27. The molecule has 0 amide bonds. The van der Waals surface area contributed by atoms with Gasteiger partial charge in [0.05, 0.1) is 0 Å². The summed E-state index contributed by atoms with van der Waals surface area (Å²) in [4.78, 5) is 2.33. The van der Waals surface area contributed by atoms with Gasteiger partial charge in [0.1, 0.15) is 0 Å². The van der Waals surface area contributed by atoms with Crippen molar-refractivity contribution in [3.8, 4) is 22.3 Å². The smallest absolute Gasteiger partial charge is 0.0462 e. The molecule has 0 N–H and O–H groups in total. The molecule has 0 unspecified atom stereocenters. The number of rotatable bonds is 5. The molecule has 8 rings (SSSR count). The average Bonchev–Trinajstić information content (AvgIpc) is 3.45.